The molecule has 0 aromatic heterocycles. The van der Waals surface area contributed by atoms with Gasteiger partial charge in [0.2, 0.25) is 0 Å². The van der Waals surface area contributed by atoms with E-state index in [2.05, 4.69) is 41.4 Å². The van der Waals surface area contributed by atoms with Gasteiger partial charge in [0.15, 0.2) is 0 Å². The van der Waals surface area contributed by atoms with Crippen molar-refractivity contribution < 1.29 is 0 Å². The lowest BCUT2D eigenvalue weighted by atomic mass is 10.1. The van der Waals surface area contributed by atoms with E-state index in [0.29, 0.717) is 0 Å². The maximum atomic E-state index is 3.33. The van der Waals surface area contributed by atoms with Gasteiger partial charge in [0.25, 0.3) is 0 Å². The maximum Gasteiger partial charge on any atom is 0.0484 e. The van der Waals surface area contributed by atoms with Crippen LogP contribution in [0.2, 0.25) is 0 Å². The zero-order chi connectivity index (χ0) is 9.10. The van der Waals surface area contributed by atoms with Gasteiger partial charge in [0, 0.05) is 26.3 Å². The Labute approximate surface area is 79.6 Å². The first-order valence-electron chi connectivity index (χ1n) is 4.83. The molecule has 1 aliphatic heterocycles. The van der Waals surface area contributed by atoms with E-state index < -0.39 is 0 Å². The van der Waals surface area contributed by atoms with Crippen molar-refractivity contribution >= 4 is 0 Å². The fourth-order valence-corrected chi connectivity index (χ4v) is 1.64. The van der Waals surface area contributed by atoms with E-state index in [1.54, 1.807) is 0 Å². The number of aryl methyl sites for hydroxylation is 1. The second kappa shape index (κ2) is 3.90. The number of hydrogen-bond donors (Lipinski definition) is 1. The lowest BCUT2D eigenvalue weighted by Gasteiger charge is -2.13. The smallest absolute Gasteiger partial charge is 0.0484 e. The molecule has 2 heteroatoms. The van der Waals surface area contributed by atoms with Crippen molar-refractivity contribution in [3.05, 3.63) is 35.4 Å². The van der Waals surface area contributed by atoms with Crippen LogP contribution in [0.4, 0.5) is 0 Å². The number of nitrogens with one attached hydrogen (secondary N) is 1. The summed E-state index contributed by atoms with van der Waals surface area (Å²) in [5.74, 6) is 0. The summed E-state index contributed by atoms with van der Waals surface area (Å²) < 4.78 is 0. The van der Waals surface area contributed by atoms with Crippen LogP contribution < -0.4 is 5.32 Å². The second-order valence-electron chi connectivity index (χ2n) is 3.70. The quantitative estimate of drug-likeness (QED) is 0.732. The van der Waals surface area contributed by atoms with Gasteiger partial charge in [-0.3, -0.25) is 4.90 Å². The van der Waals surface area contributed by atoms with Crippen molar-refractivity contribution in [1.82, 2.24) is 10.2 Å². The molecule has 0 unspecified atom stereocenters. The van der Waals surface area contributed by atoms with Crippen LogP contribution in [0.1, 0.15) is 11.1 Å². The largest absolute Gasteiger partial charge is 0.303 e. The Morgan fingerprint density at radius 2 is 2.08 bits per heavy atom. The molecule has 0 radical (unpaired) electrons. The first kappa shape index (κ1) is 8.73. The van der Waals surface area contributed by atoms with E-state index >= 15 is 0 Å². The summed E-state index contributed by atoms with van der Waals surface area (Å²) in [5.41, 5.74) is 2.75. The summed E-state index contributed by atoms with van der Waals surface area (Å²) in [5, 5.41) is 3.33. The van der Waals surface area contributed by atoms with E-state index in [9.17, 15) is 0 Å². The highest BCUT2D eigenvalue weighted by Gasteiger charge is 2.10. The second-order valence-corrected chi connectivity index (χ2v) is 3.70. The third-order valence-electron chi connectivity index (χ3n) is 2.47. The molecule has 2 rings (SSSR count). The van der Waals surface area contributed by atoms with Crippen LogP contribution in [0.3, 0.4) is 0 Å². The maximum absolute atomic E-state index is 3.33. The molecule has 2 nitrogen and oxygen atoms in total. The molecule has 0 aliphatic carbocycles. The monoisotopic (exact) mass is 176 g/mol. The van der Waals surface area contributed by atoms with Gasteiger partial charge in [-0.25, -0.2) is 0 Å². The van der Waals surface area contributed by atoms with Gasteiger partial charge in [0.1, 0.15) is 0 Å². The fourth-order valence-electron chi connectivity index (χ4n) is 1.64. The van der Waals surface area contributed by atoms with Crippen LogP contribution in [0, 0.1) is 6.92 Å². The molecule has 1 saturated heterocycles. The van der Waals surface area contributed by atoms with Crippen LogP contribution in [0.15, 0.2) is 24.3 Å². The lowest BCUT2D eigenvalue weighted by Crippen LogP contribution is -2.21. The Kier molecular flexibility index (Phi) is 2.62. The molecule has 1 aromatic rings. The molecule has 0 bridgehead atoms. The van der Waals surface area contributed by atoms with Gasteiger partial charge >= 0.3 is 0 Å². The molecule has 1 fully saturated rings. The Bertz CT molecular complexity index is 260. The van der Waals surface area contributed by atoms with Gasteiger partial charge in [-0.15, -0.1) is 0 Å². The normalized spacial score (nSPS) is 17.9. The fraction of sp³-hybridized carbons (Fsp3) is 0.455. The van der Waals surface area contributed by atoms with E-state index in [-0.39, 0.29) is 0 Å². The van der Waals surface area contributed by atoms with Crippen LogP contribution in [-0.2, 0) is 6.54 Å². The zero-order valence-electron chi connectivity index (χ0n) is 8.09. The summed E-state index contributed by atoms with van der Waals surface area (Å²) in [4.78, 5) is 2.42. The summed E-state index contributed by atoms with van der Waals surface area (Å²) in [6.45, 7) is 6.54. The van der Waals surface area contributed by atoms with Crippen molar-refractivity contribution in [2.24, 2.45) is 0 Å². The molecule has 1 aromatic carbocycles. The average molecular weight is 176 g/mol. The SMILES string of the molecule is Cc1ccc(CN2CCNC2)cc1. The Morgan fingerprint density at radius 3 is 2.69 bits per heavy atom. The van der Waals surface area contributed by atoms with Crippen molar-refractivity contribution in [2.45, 2.75) is 13.5 Å². The number of rotatable bonds is 2. The van der Waals surface area contributed by atoms with Crippen molar-refractivity contribution in [2.75, 3.05) is 19.8 Å². The molecule has 0 spiro atoms. The molecular formula is C11H16N2. The number of hydrogen-bond acceptors (Lipinski definition) is 2. The summed E-state index contributed by atoms with van der Waals surface area (Å²) in [6.07, 6.45) is 0. The molecular weight excluding hydrogens is 160 g/mol. The van der Waals surface area contributed by atoms with Crippen molar-refractivity contribution in [1.29, 1.82) is 0 Å². The molecule has 1 N–H and O–H groups in total. The van der Waals surface area contributed by atoms with Crippen LogP contribution in [0.25, 0.3) is 0 Å². The molecule has 70 valence electrons. The summed E-state index contributed by atoms with van der Waals surface area (Å²) in [7, 11) is 0. The highest BCUT2D eigenvalue weighted by atomic mass is 15.3. The van der Waals surface area contributed by atoms with Gasteiger partial charge in [0.05, 0.1) is 0 Å². The van der Waals surface area contributed by atoms with E-state index in [1.165, 1.54) is 17.7 Å². The molecule has 0 amide bonds. The molecule has 0 atom stereocenters. The Morgan fingerprint density at radius 1 is 1.31 bits per heavy atom. The van der Waals surface area contributed by atoms with Crippen LogP contribution in [-0.4, -0.2) is 24.7 Å². The third-order valence-corrected chi connectivity index (χ3v) is 2.47. The lowest BCUT2D eigenvalue weighted by molar-refractivity contribution is 0.327. The van der Waals surface area contributed by atoms with E-state index in [1.807, 2.05) is 0 Å². The first-order chi connectivity index (χ1) is 6.34. The predicted octanol–water partition coefficient (Wildman–Crippen LogP) is 1.36. The van der Waals surface area contributed by atoms with Gasteiger partial charge < -0.3 is 5.32 Å². The molecule has 0 saturated carbocycles. The zero-order valence-corrected chi connectivity index (χ0v) is 8.09. The summed E-state index contributed by atoms with van der Waals surface area (Å²) >= 11 is 0. The molecule has 1 aliphatic rings. The van der Waals surface area contributed by atoms with Gasteiger partial charge in [-0.05, 0) is 12.5 Å². The van der Waals surface area contributed by atoms with Gasteiger partial charge in [-0.2, -0.15) is 0 Å². The summed E-state index contributed by atoms with van der Waals surface area (Å²) in [6, 6.07) is 8.79. The standard InChI is InChI=1S/C11H16N2/c1-10-2-4-11(5-3-10)8-13-7-6-12-9-13/h2-5,12H,6-9H2,1H3. The average Bonchev–Trinajstić information content (AvgIpc) is 2.62. The molecule has 13 heavy (non-hydrogen) atoms. The first-order valence-corrected chi connectivity index (χ1v) is 4.83. The topological polar surface area (TPSA) is 15.3 Å². The number of nitrogens with zero attached hydrogens (tertiary/aromatic N) is 1. The highest BCUT2D eigenvalue weighted by Crippen LogP contribution is 2.07. The molecule has 1 heterocycles. The van der Waals surface area contributed by atoms with E-state index in [0.717, 1.165) is 19.8 Å². The van der Waals surface area contributed by atoms with Crippen molar-refractivity contribution in [3.63, 3.8) is 0 Å². The van der Waals surface area contributed by atoms with Crippen molar-refractivity contribution in [3.8, 4) is 0 Å². The Hall–Kier alpha value is -0.860. The third kappa shape index (κ3) is 2.29. The van der Waals surface area contributed by atoms with Gasteiger partial charge in [-0.1, -0.05) is 29.8 Å². The number of benzene rings is 1. The Balaban J connectivity index is 1.97. The van der Waals surface area contributed by atoms with Crippen LogP contribution in [0.5, 0.6) is 0 Å². The van der Waals surface area contributed by atoms with Crippen LogP contribution >= 0.6 is 0 Å². The predicted molar refractivity (Wildman–Crippen MR) is 54.5 cm³/mol. The highest BCUT2D eigenvalue weighted by molar-refractivity contribution is 5.21. The minimum absolute atomic E-state index is 1.04. The minimum Gasteiger partial charge on any atom is -0.303 e. The minimum atomic E-state index is 1.04. The van der Waals surface area contributed by atoms with E-state index in [4.69, 9.17) is 0 Å².